The molecule has 3 N–H and O–H groups in total. The summed E-state index contributed by atoms with van der Waals surface area (Å²) in [7, 11) is 4.23. The molecule has 2 aromatic heterocycles. The van der Waals surface area contributed by atoms with Gasteiger partial charge in [-0.15, -0.1) is 11.3 Å². The van der Waals surface area contributed by atoms with Crippen LogP contribution in [0.5, 0.6) is 0 Å². The Morgan fingerprint density at radius 2 is 2.03 bits per heavy atom. The van der Waals surface area contributed by atoms with Crippen molar-refractivity contribution in [3.05, 3.63) is 46.6 Å². The van der Waals surface area contributed by atoms with Crippen molar-refractivity contribution in [2.75, 3.05) is 38.2 Å². The molecule has 1 unspecified atom stereocenters. The van der Waals surface area contributed by atoms with Crippen LogP contribution in [0.2, 0.25) is 0 Å². The summed E-state index contributed by atoms with van der Waals surface area (Å²) in [5.41, 5.74) is 9.41. The van der Waals surface area contributed by atoms with Crippen LogP contribution in [0.3, 0.4) is 0 Å². The van der Waals surface area contributed by atoms with Gasteiger partial charge in [0.25, 0.3) is 0 Å². The fraction of sp³-hybridized carbons (Fsp3) is 0.500. The lowest BCUT2D eigenvalue weighted by Crippen LogP contribution is -2.46. The number of hydrogen-bond acceptors (Lipinski definition) is 7. The highest BCUT2D eigenvalue weighted by Crippen LogP contribution is 2.50. The number of likely N-dealkylation sites (N-methyl/N-ethyl adjacent to an activating group) is 1. The van der Waals surface area contributed by atoms with E-state index >= 15 is 0 Å². The normalized spacial score (nSPS) is 20.8. The van der Waals surface area contributed by atoms with Crippen LogP contribution in [0.1, 0.15) is 61.7 Å². The van der Waals surface area contributed by atoms with Gasteiger partial charge in [0.05, 0.1) is 28.1 Å². The van der Waals surface area contributed by atoms with Gasteiger partial charge in [-0.05, 0) is 81.4 Å². The molecule has 2 amide bonds. The van der Waals surface area contributed by atoms with Crippen LogP contribution >= 0.6 is 11.3 Å². The Morgan fingerprint density at radius 3 is 2.73 bits per heavy atom. The molecule has 0 spiro atoms. The average molecular weight is 521 g/mol. The molecule has 3 heterocycles. The van der Waals surface area contributed by atoms with E-state index in [1.54, 1.807) is 22.3 Å². The number of carbonyl (C=O) groups is 2. The molecular formula is C28H36N6O2S. The molecule has 8 nitrogen and oxygen atoms in total. The minimum absolute atomic E-state index is 0.156. The third-order valence-electron chi connectivity index (χ3n) is 7.64. The number of anilines is 2. The van der Waals surface area contributed by atoms with E-state index in [-0.39, 0.29) is 11.5 Å². The highest BCUT2D eigenvalue weighted by Gasteiger charge is 2.47. The highest BCUT2D eigenvalue weighted by atomic mass is 32.1. The molecule has 0 radical (unpaired) electrons. The van der Waals surface area contributed by atoms with Gasteiger partial charge in [0, 0.05) is 18.5 Å². The van der Waals surface area contributed by atoms with Crippen molar-refractivity contribution in [1.29, 1.82) is 0 Å². The third-order valence-corrected chi connectivity index (χ3v) is 8.92. The number of piperidine rings is 1. The van der Waals surface area contributed by atoms with Crippen LogP contribution in [0.15, 0.2) is 30.5 Å². The maximum Gasteiger partial charge on any atom is 0.313 e. The minimum atomic E-state index is -0.649. The number of fused-ring (bicyclic) bond motifs is 1. The summed E-state index contributed by atoms with van der Waals surface area (Å²) in [6.45, 7) is 5.66. The van der Waals surface area contributed by atoms with Crippen LogP contribution in [0.4, 0.5) is 11.5 Å². The van der Waals surface area contributed by atoms with E-state index < -0.39 is 11.8 Å². The average Bonchev–Trinajstić information content (AvgIpc) is 3.51. The quantitative estimate of drug-likeness (QED) is 0.468. The summed E-state index contributed by atoms with van der Waals surface area (Å²) < 4.78 is 1.17. The number of thiazole rings is 1. The van der Waals surface area contributed by atoms with E-state index in [0.29, 0.717) is 30.4 Å². The lowest BCUT2D eigenvalue weighted by Gasteiger charge is -2.38. The lowest BCUT2D eigenvalue weighted by atomic mass is 9.89. The number of nitrogen functional groups attached to an aromatic ring is 1. The molecule has 2 aliphatic rings. The van der Waals surface area contributed by atoms with Crippen molar-refractivity contribution < 1.29 is 9.59 Å². The molecule has 9 heteroatoms. The Kier molecular flexibility index (Phi) is 6.93. The van der Waals surface area contributed by atoms with Gasteiger partial charge in [-0.25, -0.2) is 9.97 Å². The van der Waals surface area contributed by atoms with Crippen molar-refractivity contribution in [2.24, 2.45) is 5.92 Å². The Balaban J connectivity index is 1.38. The zero-order chi connectivity index (χ0) is 26.3. The Hall–Kier alpha value is -3.04. The minimum Gasteiger partial charge on any atom is -0.383 e. The molecule has 2 atom stereocenters. The number of carbonyl (C=O) groups excluding carboxylic acids is 2. The molecule has 37 heavy (non-hydrogen) atoms. The standard InChI is InChI=1S/C28H36N6O2S/c1-5-18-12-20(14-30-24(18)29)31-25(35)26(36)34-15-17(2)6-8-22(34)19-7-9-23-21(13-19)32-27(37-23)28(10-11-28)16-33(3)4/h7,9,12-14,17,22H,5-6,8,10-11,15-16H2,1-4H3,(H2,29,30)(H,31,35)/t17-,22?/m0/s1. The number of nitrogens with one attached hydrogen (secondary N) is 1. The van der Waals surface area contributed by atoms with Gasteiger partial charge in [0.1, 0.15) is 10.8 Å². The van der Waals surface area contributed by atoms with Gasteiger partial charge < -0.3 is 20.9 Å². The second kappa shape index (κ2) is 10.0. The van der Waals surface area contributed by atoms with Gasteiger partial charge >= 0.3 is 11.8 Å². The van der Waals surface area contributed by atoms with E-state index in [4.69, 9.17) is 10.7 Å². The second-order valence-electron chi connectivity index (χ2n) is 11.0. The van der Waals surface area contributed by atoms with E-state index in [1.807, 2.05) is 6.92 Å². The van der Waals surface area contributed by atoms with E-state index in [1.165, 1.54) is 28.7 Å². The number of pyridine rings is 1. The molecule has 1 aliphatic carbocycles. The summed E-state index contributed by atoms with van der Waals surface area (Å²) in [5, 5.41) is 3.95. The van der Waals surface area contributed by atoms with Gasteiger partial charge in [0.2, 0.25) is 0 Å². The largest absolute Gasteiger partial charge is 0.383 e. The SMILES string of the molecule is CCc1cc(NC(=O)C(=O)N2C[C@@H](C)CCC2c2ccc3sc(C4(CN(C)C)CC4)nc3c2)cnc1N. The van der Waals surface area contributed by atoms with E-state index in [0.717, 1.165) is 36.0 Å². The summed E-state index contributed by atoms with van der Waals surface area (Å²) in [5.74, 6) is -0.405. The van der Waals surface area contributed by atoms with Gasteiger partial charge in [-0.1, -0.05) is 19.9 Å². The second-order valence-corrected chi connectivity index (χ2v) is 12.0. The topological polar surface area (TPSA) is 104 Å². The maximum atomic E-state index is 13.4. The number of nitrogens with two attached hydrogens (primary N) is 1. The van der Waals surface area contributed by atoms with Crippen molar-refractivity contribution >= 4 is 44.9 Å². The Morgan fingerprint density at radius 1 is 1.24 bits per heavy atom. The number of aromatic nitrogens is 2. The Labute approximate surface area is 222 Å². The Bertz CT molecular complexity index is 1330. The zero-order valence-corrected chi connectivity index (χ0v) is 22.9. The van der Waals surface area contributed by atoms with Gasteiger partial charge in [0.15, 0.2) is 0 Å². The lowest BCUT2D eigenvalue weighted by molar-refractivity contribution is -0.146. The van der Waals surface area contributed by atoms with Crippen molar-refractivity contribution in [3.63, 3.8) is 0 Å². The van der Waals surface area contributed by atoms with Crippen molar-refractivity contribution in [1.82, 2.24) is 19.8 Å². The smallest absolute Gasteiger partial charge is 0.313 e. The number of benzene rings is 1. The maximum absolute atomic E-state index is 13.4. The molecule has 1 saturated heterocycles. The number of nitrogens with zero attached hydrogens (tertiary/aromatic N) is 4. The summed E-state index contributed by atoms with van der Waals surface area (Å²) >= 11 is 1.78. The fourth-order valence-corrected chi connectivity index (χ4v) is 6.67. The molecule has 5 rings (SSSR count). The number of aryl methyl sites for hydroxylation is 1. The van der Waals surface area contributed by atoms with Crippen LogP contribution in [0.25, 0.3) is 10.2 Å². The first-order valence-electron chi connectivity index (χ1n) is 13.1. The van der Waals surface area contributed by atoms with Crippen LogP contribution < -0.4 is 11.1 Å². The van der Waals surface area contributed by atoms with Crippen LogP contribution in [0, 0.1) is 5.92 Å². The molecular weight excluding hydrogens is 484 g/mol. The van der Waals surface area contributed by atoms with Crippen molar-refractivity contribution in [3.8, 4) is 0 Å². The highest BCUT2D eigenvalue weighted by molar-refractivity contribution is 7.18. The monoisotopic (exact) mass is 520 g/mol. The molecule has 2 fully saturated rings. The zero-order valence-electron chi connectivity index (χ0n) is 22.1. The van der Waals surface area contributed by atoms with Crippen molar-refractivity contribution in [2.45, 2.75) is 57.4 Å². The van der Waals surface area contributed by atoms with Crippen LogP contribution in [-0.4, -0.2) is 58.8 Å². The number of rotatable bonds is 6. The number of amides is 2. The first-order chi connectivity index (χ1) is 17.7. The molecule has 1 saturated carbocycles. The van der Waals surface area contributed by atoms with Crippen LogP contribution in [-0.2, 0) is 21.4 Å². The summed E-state index contributed by atoms with van der Waals surface area (Å²) in [4.78, 5) is 39.6. The number of likely N-dealkylation sites (tertiary alicyclic amines) is 1. The third kappa shape index (κ3) is 5.20. The van der Waals surface area contributed by atoms with Gasteiger partial charge in [-0.2, -0.15) is 0 Å². The van der Waals surface area contributed by atoms with Gasteiger partial charge in [-0.3, -0.25) is 9.59 Å². The van der Waals surface area contributed by atoms with E-state index in [2.05, 4.69) is 54.4 Å². The molecule has 1 aliphatic heterocycles. The predicted molar refractivity (Wildman–Crippen MR) is 149 cm³/mol. The number of hydrogen-bond donors (Lipinski definition) is 2. The first-order valence-corrected chi connectivity index (χ1v) is 13.9. The summed E-state index contributed by atoms with van der Waals surface area (Å²) in [6.07, 6.45) is 6.37. The fourth-order valence-electron chi connectivity index (χ4n) is 5.49. The molecule has 0 bridgehead atoms. The van der Waals surface area contributed by atoms with E-state index in [9.17, 15) is 9.59 Å². The predicted octanol–water partition coefficient (Wildman–Crippen LogP) is 4.37. The molecule has 196 valence electrons. The first kappa shape index (κ1) is 25.6. The summed E-state index contributed by atoms with van der Waals surface area (Å²) in [6, 6.07) is 7.98. The molecule has 1 aromatic carbocycles. The molecule has 3 aromatic rings.